The van der Waals surface area contributed by atoms with Crippen LogP contribution in [0.15, 0.2) is 57.8 Å². The summed E-state index contributed by atoms with van der Waals surface area (Å²) in [6, 6.07) is 12.1. The molecule has 0 aliphatic heterocycles. The highest BCUT2D eigenvalue weighted by atomic mass is 19.2. The van der Waals surface area contributed by atoms with Gasteiger partial charge in [0.1, 0.15) is 30.4 Å². The third-order valence-corrected chi connectivity index (χ3v) is 5.51. The number of hydrogen-bond acceptors (Lipinski definition) is 6. The number of rotatable bonds is 9. The summed E-state index contributed by atoms with van der Waals surface area (Å²) in [4.78, 5) is 25.2. The first kappa shape index (κ1) is 24.1. The van der Waals surface area contributed by atoms with E-state index >= 15 is 0 Å². The topological polar surface area (TPSA) is 83.6 Å². The minimum atomic E-state index is -0.936. The molecule has 0 amide bonds. The molecule has 0 aliphatic rings. The molecule has 0 bridgehead atoms. The molecule has 182 valence electrons. The van der Waals surface area contributed by atoms with Crippen molar-refractivity contribution in [1.82, 2.24) is 9.72 Å². The van der Waals surface area contributed by atoms with Gasteiger partial charge in [-0.15, -0.1) is 0 Å². The predicted octanol–water partition coefficient (Wildman–Crippen LogP) is 4.50. The molecule has 35 heavy (non-hydrogen) atoms. The quantitative estimate of drug-likeness (QED) is 0.327. The van der Waals surface area contributed by atoms with Crippen LogP contribution >= 0.6 is 0 Å². The van der Waals surface area contributed by atoms with Gasteiger partial charge in [-0.2, -0.15) is 0 Å². The van der Waals surface area contributed by atoms with Crippen molar-refractivity contribution in [3.05, 3.63) is 93.1 Å². The molecule has 4 rings (SSSR count). The lowest BCUT2D eigenvalue weighted by atomic mass is 10.0. The van der Waals surface area contributed by atoms with Crippen LogP contribution in [0.3, 0.4) is 0 Å². The molecular weight excluding hydrogens is 458 g/mol. The lowest BCUT2D eigenvalue weighted by Crippen LogP contribution is -2.21. The average molecular weight is 482 g/mol. The van der Waals surface area contributed by atoms with E-state index in [-0.39, 0.29) is 43.6 Å². The Morgan fingerprint density at radius 2 is 1.94 bits per heavy atom. The number of ether oxygens (including phenoxy) is 2. The van der Waals surface area contributed by atoms with Crippen molar-refractivity contribution in [1.29, 1.82) is 0 Å². The van der Waals surface area contributed by atoms with E-state index in [9.17, 15) is 18.4 Å². The minimum Gasteiger partial charge on any atom is -0.487 e. The summed E-state index contributed by atoms with van der Waals surface area (Å²) in [5.41, 5.74) is 1.49. The van der Waals surface area contributed by atoms with E-state index in [0.717, 1.165) is 6.07 Å². The Morgan fingerprint density at radius 3 is 2.69 bits per heavy atom. The van der Waals surface area contributed by atoms with Crippen LogP contribution in [-0.4, -0.2) is 22.3 Å². The van der Waals surface area contributed by atoms with Gasteiger partial charge in [0.2, 0.25) is 0 Å². The Bertz CT molecular complexity index is 1430. The van der Waals surface area contributed by atoms with Crippen LogP contribution < -0.4 is 10.2 Å². The maximum absolute atomic E-state index is 14.2. The largest absolute Gasteiger partial charge is 0.487 e. The Hall–Kier alpha value is -4.01. The van der Waals surface area contributed by atoms with Crippen LogP contribution in [0, 0.1) is 18.6 Å². The summed E-state index contributed by atoms with van der Waals surface area (Å²) in [5, 5.41) is 4.28. The Labute approximate surface area is 199 Å². The van der Waals surface area contributed by atoms with E-state index in [0.29, 0.717) is 33.8 Å². The number of carbonyl (C=O) groups is 1. The third-order valence-electron chi connectivity index (χ3n) is 5.51. The van der Waals surface area contributed by atoms with E-state index in [1.165, 1.54) is 18.2 Å². The fourth-order valence-electron chi connectivity index (χ4n) is 3.87. The van der Waals surface area contributed by atoms with Crippen molar-refractivity contribution >= 4 is 16.9 Å². The Balaban J connectivity index is 1.71. The van der Waals surface area contributed by atoms with Gasteiger partial charge in [0.05, 0.1) is 12.1 Å². The number of carbonyl (C=O) groups excluding carboxylic acids is 1. The zero-order chi connectivity index (χ0) is 24.9. The summed E-state index contributed by atoms with van der Waals surface area (Å²) < 4.78 is 45.4. The number of nitrogens with zero attached hydrogens (tertiary/aromatic N) is 2. The molecule has 0 N–H and O–H groups in total. The van der Waals surface area contributed by atoms with E-state index in [4.69, 9.17) is 14.0 Å². The molecule has 2 aromatic heterocycles. The van der Waals surface area contributed by atoms with Crippen LogP contribution in [0.25, 0.3) is 10.9 Å². The summed E-state index contributed by atoms with van der Waals surface area (Å²) in [5.74, 6) is -1.23. The maximum Gasteiger partial charge on any atom is 0.325 e. The zero-order valence-corrected chi connectivity index (χ0v) is 19.3. The molecule has 2 aromatic carbocycles. The van der Waals surface area contributed by atoms with E-state index < -0.39 is 17.6 Å². The summed E-state index contributed by atoms with van der Waals surface area (Å²) in [7, 11) is 0. The molecule has 0 spiro atoms. The fourth-order valence-corrected chi connectivity index (χ4v) is 3.87. The summed E-state index contributed by atoms with van der Waals surface area (Å²) >= 11 is 0. The average Bonchev–Trinajstić information content (AvgIpc) is 3.26. The molecule has 0 saturated carbocycles. The maximum atomic E-state index is 14.2. The predicted molar refractivity (Wildman–Crippen MR) is 124 cm³/mol. The van der Waals surface area contributed by atoms with Crippen molar-refractivity contribution in [2.24, 2.45) is 0 Å². The van der Waals surface area contributed by atoms with Gasteiger partial charge in [-0.1, -0.05) is 17.3 Å². The van der Waals surface area contributed by atoms with Crippen molar-refractivity contribution in [2.75, 3.05) is 6.61 Å². The van der Waals surface area contributed by atoms with Crippen molar-refractivity contribution < 1.29 is 27.6 Å². The van der Waals surface area contributed by atoms with Crippen LogP contribution in [0.4, 0.5) is 8.78 Å². The second kappa shape index (κ2) is 10.5. The van der Waals surface area contributed by atoms with E-state index in [1.807, 2.05) is 0 Å². The first-order valence-corrected chi connectivity index (χ1v) is 11.2. The molecule has 0 radical (unpaired) electrons. The zero-order valence-electron chi connectivity index (χ0n) is 19.3. The Kier molecular flexibility index (Phi) is 7.24. The molecule has 0 saturated heterocycles. The number of hydrogen-bond donors (Lipinski definition) is 0. The number of aromatic nitrogens is 2. The van der Waals surface area contributed by atoms with Crippen LogP contribution in [0.1, 0.15) is 29.6 Å². The number of fused-ring (bicyclic) bond motifs is 1. The molecular formula is C26H24F2N2O5. The molecule has 2 heterocycles. The van der Waals surface area contributed by atoms with Crippen LogP contribution in [0.5, 0.6) is 5.75 Å². The number of aryl methyl sites for hydroxylation is 3. The molecule has 0 atom stereocenters. The fraction of sp³-hybridized carbons (Fsp3) is 0.269. The molecule has 0 unspecified atom stereocenters. The van der Waals surface area contributed by atoms with Gasteiger partial charge in [0, 0.05) is 29.3 Å². The van der Waals surface area contributed by atoms with Gasteiger partial charge in [-0.3, -0.25) is 9.59 Å². The Morgan fingerprint density at radius 1 is 1.11 bits per heavy atom. The highest BCUT2D eigenvalue weighted by Crippen LogP contribution is 2.23. The third kappa shape index (κ3) is 5.56. The highest BCUT2D eigenvalue weighted by Gasteiger charge is 2.16. The van der Waals surface area contributed by atoms with Gasteiger partial charge >= 0.3 is 5.97 Å². The molecule has 7 nitrogen and oxygen atoms in total. The van der Waals surface area contributed by atoms with Gasteiger partial charge < -0.3 is 18.6 Å². The highest BCUT2D eigenvalue weighted by molar-refractivity contribution is 5.82. The number of pyridine rings is 1. The van der Waals surface area contributed by atoms with Crippen molar-refractivity contribution in [3.8, 4) is 5.75 Å². The van der Waals surface area contributed by atoms with Gasteiger partial charge in [0.15, 0.2) is 17.1 Å². The van der Waals surface area contributed by atoms with Gasteiger partial charge in [-0.25, -0.2) is 8.78 Å². The van der Waals surface area contributed by atoms with Crippen LogP contribution in [-0.2, 0) is 35.5 Å². The lowest BCUT2D eigenvalue weighted by molar-refractivity contribution is -0.143. The lowest BCUT2D eigenvalue weighted by Gasteiger charge is -2.17. The number of benzene rings is 2. The molecule has 0 aliphatic carbocycles. The standard InChI is InChI=1S/C26H24F2N2O5/c1-3-33-25(32)14-30-19(8-7-17-5-4-6-22(27)26(17)28)12-24(31)21-10-9-20(13-23(21)30)34-15-18-11-16(2)35-29-18/h4-6,9-13H,3,7-8,14-15H2,1-2H3. The SMILES string of the molecule is CCOC(=O)Cn1c(CCc2cccc(F)c2F)cc(=O)c2ccc(OCc3cc(C)on3)cc21. The minimum absolute atomic E-state index is 0.138. The number of esters is 1. The number of halogens is 2. The van der Waals surface area contributed by atoms with Gasteiger partial charge in [0.25, 0.3) is 0 Å². The molecule has 0 fully saturated rings. The smallest absolute Gasteiger partial charge is 0.325 e. The molecule has 9 heteroatoms. The monoisotopic (exact) mass is 482 g/mol. The molecule has 4 aromatic rings. The summed E-state index contributed by atoms with van der Waals surface area (Å²) in [6.07, 6.45) is 0.341. The first-order chi connectivity index (χ1) is 16.9. The van der Waals surface area contributed by atoms with Crippen LogP contribution in [0.2, 0.25) is 0 Å². The first-order valence-electron chi connectivity index (χ1n) is 11.2. The van der Waals surface area contributed by atoms with E-state index in [1.54, 1.807) is 42.7 Å². The second-order valence-corrected chi connectivity index (χ2v) is 8.00. The van der Waals surface area contributed by atoms with Crippen molar-refractivity contribution in [2.45, 2.75) is 39.8 Å². The van der Waals surface area contributed by atoms with Crippen molar-refractivity contribution in [3.63, 3.8) is 0 Å². The normalized spacial score (nSPS) is 11.1. The van der Waals surface area contributed by atoms with E-state index in [2.05, 4.69) is 5.16 Å². The summed E-state index contributed by atoms with van der Waals surface area (Å²) in [6.45, 7) is 3.68. The van der Waals surface area contributed by atoms with Gasteiger partial charge in [-0.05, 0) is 50.5 Å². The second-order valence-electron chi connectivity index (χ2n) is 8.00.